The molecule has 0 saturated carbocycles. The van der Waals surface area contributed by atoms with Crippen LogP contribution in [-0.4, -0.2) is 14.5 Å². The molecule has 0 aliphatic carbocycles. The van der Waals surface area contributed by atoms with Crippen LogP contribution in [0.5, 0.6) is 0 Å². The first-order chi connectivity index (χ1) is 21.8. The monoisotopic (exact) mass is 562 g/mol. The summed E-state index contributed by atoms with van der Waals surface area (Å²) in [6.45, 7) is 0. The Bertz CT molecular complexity index is 2320. The molecule has 1 aliphatic heterocycles. The fourth-order valence-corrected chi connectivity index (χ4v) is 6.61. The Morgan fingerprint density at radius 3 is 1.84 bits per heavy atom. The van der Waals surface area contributed by atoms with Crippen molar-refractivity contribution in [1.29, 1.82) is 0 Å². The van der Waals surface area contributed by atoms with Gasteiger partial charge in [-0.2, -0.15) is 0 Å². The maximum atomic E-state index is 5.13. The normalized spacial score (nSPS) is 12.4. The highest BCUT2D eigenvalue weighted by molar-refractivity contribution is 6.22. The molecule has 3 heterocycles. The zero-order valence-electron chi connectivity index (χ0n) is 23.8. The maximum Gasteiger partial charge on any atom is 0.235 e. The molecule has 0 fully saturated rings. The molecule has 0 atom stereocenters. The lowest BCUT2D eigenvalue weighted by atomic mass is 9.95. The van der Waals surface area contributed by atoms with Crippen LogP contribution in [0.3, 0.4) is 0 Å². The van der Waals surface area contributed by atoms with Gasteiger partial charge in [-0.05, 0) is 53.4 Å². The van der Waals surface area contributed by atoms with E-state index in [1.54, 1.807) is 0 Å². The van der Waals surface area contributed by atoms with Crippen molar-refractivity contribution >= 4 is 50.3 Å². The number of aromatic nitrogens is 3. The zero-order chi connectivity index (χ0) is 29.0. The Kier molecular flexibility index (Phi) is 5.47. The number of nitrogens with zero attached hydrogens (tertiary/aromatic N) is 4. The van der Waals surface area contributed by atoms with Gasteiger partial charge in [0.2, 0.25) is 5.95 Å². The molecule has 1 aliphatic rings. The smallest absolute Gasteiger partial charge is 0.235 e. The average Bonchev–Trinajstić information content (AvgIpc) is 3.43. The summed E-state index contributed by atoms with van der Waals surface area (Å²) in [5.41, 5.74) is 9.74. The van der Waals surface area contributed by atoms with E-state index in [4.69, 9.17) is 9.97 Å². The van der Waals surface area contributed by atoms with E-state index in [1.165, 1.54) is 38.1 Å². The molecule has 206 valence electrons. The second kappa shape index (κ2) is 9.79. The SMILES string of the molecule is C1=CN(c2nc(-c3ccccc3)cc(-c3ccccc3)n2)c2cccc3cc4c(c1c23)c1ccccc1n4-c1ccccc1. The van der Waals surface area contributed by atoms with Gasteiger partial charge in [-0.3, -0.25) is 4.90 Å². The summed E-state index contributed by atoms with van der Waals surface area (Å²) >= 11 is 0. The minimum atomic E-state index is 0.645. The summed E-state index contributed by atoms with van der Waals surface area (Å²) in [6.07, 6.45) is 4.37. The predicted molar refractivity (Wildman–Crippen MR) is 182 cm³/mol. The highest BCUT2D eigenvalue weighted by atomic mass is 15.2. The third-order valence-corrected chi connectivity index (χ3v) is 8.55. The van der Waals surface area contributed by atoms with Crippen molar-refractivity contribution in [1.82, 2.24) is 14.5 Å². The second-order valence-corrected chi connectivity index (χ2v) is 11.1. The standard InChI is InChI=1S/C40H26N4/c1-4-13-27(14-5-1)33-26-34(28-15-6-2-7-16-28)42-40(41-33)43-24-23-32-38-29(17-12-22-36(38)43)25-37-39(32)31-20-10-11-21-35(31)44(37)30-18-8-3-9-19-30/h1-26H. The molecule has 0 radical (unpaired) electrons. The molecule has 2 aromatic heterocycles. The highest BCUT2D eigenvalue weighted by Gasteiger charge is 2.24. The number of benzene rings is 6. The van der Waals surface area contributed by atoms with E-state index in [9.17, 15) is 0 Å². The van der Waals surface area contributed by atoms with Gasteiger partial charge in [0, 0.05) is 39.2 Å². The van der Waals surface area contributed by atoms with Crippen LogP contribution in [0.1, 0.15) is 5.56 Å². The van der Waals surface area contributed by atoms with E-state index in [2.05, 4.69) is 131 Å². The maximum absolute atomic E-state index is 5.13. The van der Waals surface area contributed by atoms with Crippen molar-refractivity contribution in [3.8, 4) is 28.2 Å². The number of anilines is 2. The van der Waals surface area contributed by atoms with E-state index in [1.807, 2.05) is 36.4 Å². The van der Waals surface area contributed by atoms with Gasteiger partial charge in [-0.1, -0.05) is 109 Å². The lowest BCUT2D eigenvalue weighted by molar-refractivity contribution is 1.09. The minimum absolute atomic E-state index is 0.645. The first-order valence-electron chi connectivity index (χ1n) is 14.9. The van der Waals surface area contributed by atoms with Crippen molar-refractivity contribution in [2.24, 2.45) is 0 Å². The van der Waals surface area contributed by atoms with Gasteiger partial charge in [0.05, 0.1) is 28.1 Å². The van der Waals surface area contributed by atoms with Crippen LogP contribution >= 0.6 is 0 Å². The quantitative estimate of drug-likeness (QED) is 0.214. The van der Waals surface area contributed by atoms with Crippen molar-refractivity contribution in [2.45, 2.75) is 0 Å². The Labute approximate surface area is 254 Å². The summed E-state index contributed by atoms with van der Waals surface area (Å²) in [5.74, 6) is 0.645. The van der Waals surface area contributed by atoms with E-state index >= 15 is 0 Å². The molecule has 0 bridgehead atoms. The predicted octanol–water partition coefficient (Wildman–Crippen LogP) is 10.2. The minimum Gasteiger partial charge on any atom is -0.309 e. The molecular formula is C40H26N4. The van der Waals surface area contributed by atoms with Crippen LogP contribution in [0.25, 0.3) is 66.9 Å². The number of para-hydroxylation sites is 2. The van der Waals surface area contributed by atoms with E-state index in [-0.39, 0.29) is 0 Å². The second-order valence-electron chi connectivity index (χ2n) is 11.1. The first kappa shape index (κ1) is 24.6. The van der Waals surface area contributed by atoms with Gasteiger partial charge in [0.25, 0.3) is 0 Å². The van der Waals surface area contributed by atoms with Crippen LogP contribution in [0.15, 0.2) is 152 Å². The van der Waals surface area contributed by atoms with Crippen LogP contribution in [0.2, 0.25) is 0 Å². The van der Waals surface area contributed by atoms with Gasteiger partial charge in [0.1, 0.15) is 0 Å². The topological polar surface area (TPSA) is 34.0 Å². The Hall–Kier alpha value is -6.00. The summed E-state index contributed by atoms with van der Waals surface area (Å²) in [7, 11) is 0. The van der Waals surface area contributed by atoms with E-state index in [0.29, 0.717) is 5.95 Å². The van der Waals surface area contributed by atoms with Crippen LogP contribution < -0.4 is 4.90 Å². The molecule has 6 aromatic carbocycles. The molecule has 44 heavy (non-hydrogen) atoms. The van der Waals surface area contributed by atoms with Crippen molar-refractivity contribution in [2.75, 3.05) is 4.90 Å². The Balaban J connectivity index is 1.30. The fourth-order valence-electron chi connectivity index (χ4n) is 6.61. The van der Waals surface area contributed by atoms with Crippen molar-refractivity contribution < 1.29 is 0 Å². The van der Waals surface area contributed by atoms with E-state index in [0.717, 1.165) is 33.9 Å². The van der Waals surface area contributed by atoms with Gasteiger partial charge < -0.3 is 4.57 Å². The van der Waals surface area contributed by atoms with Crippen molar-refractivity contribution in [3.05, 3.63) is 157 Å². The van der Waals surface area contributed by atoms with Crippen LogP contribution in [0.4, 0.5) is 11.6 Å². The summed E-state index contributed by atoms with van der Waals surface area (Å²) in [6, 6.07) is 50.9. The van der Waals surface area contributed by atoms with Crippen LogP contribution in [0, 0.1) is 0 Å². The van der Waals surface area contributed by atoms with Crippen molar-refractivity contribution in [3.63, 3.8) is 0 Å². The molecule has 9 rings (SSSR count). The summed E-state index contributed by atoms with van der Waals surface area (Å²) in [5, 5.41) is 4.88. The molecule has 4 nitrogen and oxygen atoms in total. The molecule has 4 heteroatoms. The lowest BCUT2D eigenvalue weighted by Gasteiger charge is -2.26. The molecule has 0 N–H and O–H groups in total. The lowest BCUT2D eigenvalue weighted by Crippen LogP contribution is -2.16. The first-order valence-corrected chi connectivity index (χ1v) is 14.9. The van der Waals surface area contributed by atoms with Gasteiger partial charge in [-0.25, -0.2) is 9.97 Å². The molecule has 0 saturated heterocycles. The molecule has 0 unspecified atom stereocenters. The number of fused-ring (bicyclic) bond motifs is 4. The van der Waals surface area contributed by atoms with Gasteiger partial charge in [-0.15, -0.1) is 0 Å². The Morgan fingerprint density at radius 1 is 0.500 bits per heavy atom. The van der Waals surface area contributed by atoms with E-state index < -0.39 is 0 Å². The van der Waals surface area contributed by atoms with Gasteiger partial charge in [0.15, 0.2) is 0 Å². The molecular weight excluding hydrogens is 536 g/mol. The number of rotatable bonds is 4. The van der Waals surface area contributed by atoms with Gasteiger partial charge >= 0.3 is 0 Å². The number of hydrogen-bond donors (Lipinski definition) is 0. The summed E-state index contributed by atoms with van der Waals surface area (Å²) in [4.78, 5) is 12.4. The zero-order valence-corrected chi connectivity index (χ0v) is 23.8. The summed E-state index contributed by atoms with van der Waals surface area (Å²) < 4.78 is 2.38. The molecule has 0 spiro atoms. The number of hydrogen-bond acceptors (Lipinski definition) is 3. The van der Waals surface area contributed by atoms with Crippen LogP contribution in [-0.2, 0) is 0 Å². The third kappa shape index (κ3) is 3.78. The largest absolute Gasteiger partial charge is 0.309 e. The fraction of sp³-hybridized carbons (Fsp3) is 0. The molecule has 8 aromatic rings. The highest BCUT2D eigenvalue weighted by Crippen LogP contribution is 2.45. The third-order valence-electron chi connectivity index (χ3n) is 8.55. The molecule has 0 amide bonds. The average molecular weight is 563 g/mol. The Morgan fingerprint density at radius 2 is 1.14 bits per heavy atom.